The van der Waals surface area contributed by atoms with Gasteiger partial charge in [-0.15, -0.1) is 0 Å². The summed E-state index contributed by atoms with van der Waals surface area (Å²) in [6, 6.07) is 0. The zero-order valence-electron chi connectivity index (χ0n) is 19.9. The molecule has 0 amide bonds. The van der Waals surface area contributed by atoms with E-state index >= 15 is 0 Å². The van der Waals surface area contributed by atoms with E-state index in [1.807, 2.05) is 0 Å². The summed E-state index contributed by atoms with van der Waals surface area (Å²) in [5, 5.41) is 0. The Morgan fingerprint density at radius 3 is 0.786 bits per heavy atom. The molecular weight excluding hydrogens is 340 g/mol. The molecule has 4 bridgehead atoms. The summed E-state index contributed by atoms with van der Waals surface area (Å²) in [4.78, 5) is 5.29. The molecule has 0 aromatic heterocycles. The van der Waals surface area contributed by atoms with Crippen molar-refractivity contribution in [2.75, 3.05) is 14.1 Å². The van der Waals surface area contributed by atoms with Crippen LogP contribution in [0.3, 0.4) is 0 Å². The molecule has 2 heteroatoms. The van der Waals surface area contributed by atoms with Gasteiger partial charge in [-0.05, 0) is 139 Å². The van der Waals surface area contributed by atoms with E-state index in [4.69, 9.17) is 0 Å². The highest BCUT2D eigenvalue weighted by Crippen LogP contribution is 2.69. The number of rotatable bonds is 0. The van der Waals surface area contributed by atoms with E-state index in [-0.39, 0.29) is 22.2 Å². The van der Waals surface area contributed by atoms with Gasteiger partial charge in [0.2, 0.25) is 0 Å². The van der Waals surface area contributed by atoms with Gasteiger partial charge >= 0.3 is 0 Å². The van der Waals surface area contributed by atoms with Crippen LogP contribution in [0.4, 0.5) is 0 Å². The first-order chi connectivity index (χ1) is 12.7. The van der Waals surface area contributed by atoms with Crippen molar-refractivity contribution in [2.24, 2.45) is 0 Å². The van der Waals surface area contributed by atoms with Crippen molar-refractivity contribution < 1.29 is 0 Å². The van der Waals surface area contributed by atoms with Gasteiger partial charge in [0.1, 0.15) is 0 Å². The summed E-state index contributed by atoms with van der Waals surface area (Å²) in [6.45, 7) is 24.1. The summed E-state index contributed by atoms with van der Waals surface area (Å²) in [7, 11) is 4.67. The van der Waals surface area contributed by atoms with Crippen molar-refractivity contribution in [3.8, 4) is 0 Å². The summed E-state index contributed by atoms with van der Waals surface area (Å²) >= 11 is 0. The Morgan fingerprint density at radius 1 is 0.429 bits per heavy atom. The van der Waals surface area contributed by atoms with E-state index in [1.54, 1.807) is 44.5 Å². The van der Waals surface area contributed by atoms with E-state index in [1.165, 1.54) is 11.1 Å². The zero-order chi connectivity index (χ0) is 20.9. The molecule has 0 radical (unpaired) electrons. The maximum atomic E-state index is 2.65. The Bertz CT molecular complexity index is 910. The number of likely N-dealkylation sites (N-methyl/N-ethyl adjacent to an activating group) is 2. The highest BCUT2D eigenvalue weighted by Gasteiger charge is 2.66. The fraction of sp³-hybridized carbons (Fsp3) is 0.615. The van der Waals surface area contributed by atoms with Crippen LogP contribution < -0.4 is 0 Å². The molecule has 4 heterocycles. The van der Waals surface area contributed by atoms with Gasteiger partial charge in [-0.1, -0.05) is 0 Å². The molecular formula is C26H36N2. The lowest BCUT2D eigenvalue weighted by atomic mass is 9.64. The van der Waals surface area contributed by atoms with Crippen LogP contribution >= 0.6 is 0 Å². The van der Waals surface area contributed by atoms with E-state index in [9.17, 15) is 0 Å². The molecule has 1 aromatic carbocycles. The van der Waals surface area contributed by atoms with Gasteiger partial charge in [-0.3, -0.25) is 9.80 Å². The third-order valence-corrected chi connectivity index (χ3v) is 10.7. The van der Waals surface area contributed by atoms with Crippen molar-refractivity contribution >= 4 is 0 Å². The first kappa shape index (κ1) is 18.6. The minimum atomic E-state index is 0.00235. The molecule has 0 N–H and O–H groups in total. The molecule has 0 aliphatic carbocycles. The Hall–Kier alpha value is -1.38. The van der Waals surface area contributed by atoms with Gasteiger partial charge < -0.3 is 0 Å². The third kappa shape index (κ3) is 1.30. The number of hydrogen-bond acceptors (Lipinski definition) is 2. The minimum absolute atomic E-state index is 0.00235. The lowest BCUT2D eigenvalue weighted by Crippen LogP contribution is -2.41. The summed E-state index contributed by atoms with van der Waals surface area (Å²) in [6.07, 6.45) is 0. The number of fused-ring (bicyclic) bond motifs is 10. The lowest BCUT2D eigenvalue weighted by molar-refractivity contribution is 0.123. The summed E-state index contributed by atoms with van der Waals surface area (Å²) in [5.74, 6) is 0. The van der Waals surface area contributed by atoms with Crippen LogP contribution in [0.15, 0.2) is 22.3 Å². The fourth-order valence-corrected chi connectivity index (χ4v) is 8.22. The molecule has 4 aliphatic heterocycles. The molecule has 28 heavy (non-hydrogen) atoms. The largest absolute Gasteiger partial charge is 0.280 e. The van der Waals surface area contributed by atoms with Gasteiger partial charge in [0.05, 0.1) is 22.2 Å². The standard InChI is InChI=1S/C26H36N2/c1-13-19-21(25(9)17(5)15(3)23(19,7)27(25)11)14(2)22-20(13)24(8)16(4)18(6)26(22,10)28(24)12/h1-12H3. The van der Waals surface area contributed by atoms with E-state index in [0.717, 1.165) is 0 Å². The maximum Gasteiger partial charge on any atom is 0.0660 e. The Labute approximate surface area is 171 Å². The number of benzene rings is 1. The Kier molecular flexibility index (Phi) is 3.01. The molecule has 150 valence electrons. The topological polar surface area (TPSA) is 6.48 Å². The number of nitrogens with zero attached hydrogens (tertiary/aromatic N) is 2. The van der Waals surface area contributed by atoms with Crippen molar-refractivity contribution in [3.05, 3.63) is 55.7 Å². The third-order valence-electron chi connectivity index (χ3n) is 10.7. The van der Waals surface area contributed by atoms with Crippen LogP contribution in [0.5, 0.6) is 0 Å². The van der Waals surface area contributed by atoms with E-state index in [0.29, 0.717) is 0 Å². The zero-order valence-corrected chi connectivity index (χ0v) is 19.9. The average Bonchev–Trinajstić information content (AvgIpc) is 3.06. The van der Waals surface area contributed by atoms with Gasteiger partial charge in [0.25, 0.3) is 0 Å². The Balaban J connectivity index is 1.99. The van der Waals surface area contributed by atoms with Gasteiger partial charge in [-0.25, -0.2) is 0 Å². The summed E-state index contributed by atoms with van der Waals surface area (Å²) < 4.78 is 0. The second-order valence-electron chi connectivity index (χ2n) is 10.7. The van der Waals surface area contributed by atoms with E-state index < -0.39 is 0 Å². The molecule has 0 saturated heterocycles. The van der Waals surface area contributed by atoms with Gasteiger partial charge in [0.15, 0.2) is 0 Å². The second kappa shape index (κ2) is 4.52. The van der Waals surface area contributed by atoms with Crippen molar-refractivity contribution in [3.63, 3.8) is 0 Å². The SMILES string of the molecule is CC1=C(C)C2(C)c3c(C)c4c(c(C)c3C1(C)N2C)C1(C)C(C)=C(C)C4(C)N1C. The van der Waals surface area contributed by atoms with Crippen LogP contribution in [0.25, 0.3) is 0 Å². The quantitative estimate of drug-likeness (QED) is 0.532. The second-order valence-corrected chi connectivity index (χ2v) is 10.7. The van der Waals surface area contributed by atoms with Crippen LogP contribution in [0.2, 0.25) is 0 Å². The molecule has 2 nitrogen and oxygen atoms in total. The number of hydrogen-bond donors (Lipinski definition) is 0. The molecule has 0 saturated carbocycles. The maximum absolute atomic E-state index is 2.65. The van der Waals surface area contributed by atoms with Crippen LogP contribution in [0.1, 0.15) is 88.8 Å². The first-order valence-corrected chi connectivity index (χ1v) is 10.8. The molecule has 0 spiro atoms. The van der Waals surface area contributed by atoms with Crippen LogP contribution in [0, 0.1) is 13.8 Å². The van der Waals surface area contributed by atoms with Crippen LogP contribution in [-0.2, 0) is 22.2 Å². The molecule has 0 fully saturated rings. The van der Waals surface area contributed by atoms with Crippen molar-refractivity contribution in [1.82, 2.24) is 9.80 Å². The molecule has 4 atom stereocenters. The Morgan fingerprint density at radius 2 is 0.607 bits per heavy atom. The van der Waals surface area contributed by atoms with Crippen LogP contribution in [-0.4, -0.2) is 23.9 Å². The predicted molar refractivity (Wildman–Crippen MR) is 118 cm³/mol. The van der Waals surface area contributed by atoms with Gasteiger partial charge in [0, 0.05) is 0 Å². The molecule has 1 aromatic rings. The average molecular weight is 377 g/mol. The molecule has 5 rings (SSSR count). The smallest absolute Gasteiger partial charge is 0.0660 e. The molecule has 4 aliphatic rings. The van der Waals surface area contributed by atoms with E-state index in [2.05, 4.69) is 93.1 Å². The first-order valence-electron chi connectivity index (χ1n) is 10.8. The van der Waals surface area contributed by atoms with Crippen molar-refractivity contribution in [1.29, 1.82) is 0 Å². The minimum Gasteiger partial charge on any atom is -0.280 e. The fourth-order valence-electron chi connectivity index (χ4n) is 8.22. The molecule has 4 unspecified atom stereocenters. The van der Waals surface area contributed by atoms with Crippen molar-refractivity contribution in [2.45, 2.75) is 91.4 Å². The lowest BCUT2D eigenvalue weighted by Gasteiger charge is -2.38. The predicted octanol–water partition coefficient (Wildman–Crippen LogP) is 5.76. The normalized spacial score (nSPS) is 41.6. The van der Waals surface area contributed by atoms with Gasteiger partial charge in [-0.2, -0.15) is 0 Å². The summed E-state index contributed by atoms with van der Waals surface area (Å²) in [5.41, 5.74) is 15.6. The highest BCUT2D eigenvalue weighted by atomic mass is 15.3. The monoisotopic (exact) mass is 376 g/mol. The highest BCUT2D eigenvalue weighted by molar-refractivity contribution is 5.74.